The van der Waals surface area contributed by atoms with Crippen LogP contribution in [0.5, 0.6) is 0 Å². The van der Waals surface area contributed by atoms with Crippen molar-refractivity contribution in [1.29, 1.82) is 0 Å². The SMILES string of the molecule is Cc1c(NC(=O)c2ccc3c(c2)C[C@@H](c2ccccc2)OC3=O)c(=O)n(-c2ccccc2)n1C. The first-order valence-electron chi connectivity index (χ1n) is 11.0. The van der Waals surface area contributed by atoms with Gasteiger partial charge in [-0.25, -0.2) is 9.48 Å². The Hall–Kier alpha value is -4.39. The largest absolute Gasteiger partial charge is 0.454 e. The Balaban J connectivity index is 1.44. The monoisotopic (exact) mass is 453 g/mol. The van der Waals surface area contributed by atoms with Crippen molar-refractivity contribution in [2.75, 3.05) is 5.32 Å². The van der Waals surface area contributed by atoms with Crippen molar-refractivity contribution in [2.24, 2.45) is 7.05 Å². The first-order chi connectivity index (χ1) is 16.4. The Morgan fingerprint density at radius 2 is 1.65 bits per heavy atom. The molecule has 1 atom stereocenters. The van der Waals surface area contributed by atoms with E-state index < -0.39 is 18.0 Å². The zero-order chi connectivity index (χ0) is 23.8. The summed E-state index contributed by atoms with van der Waals surface area (Å²) >= 11 is 0. The molecule has 7 nitrogen and oxygen atoms in total. The summed E-state index contributed by atoms with van der Waals surface area (Å²) < 4.78 is 8.82. The molecule has 2 heterocycles. The van der Waals surface area contributed by atoms with E-state index in [0.717, 1.165) is 11.1 Å². The first-order valence-corrected chi connectivity index (χ1v) is 11.0. The van der Waals surface area contributed by atoms with Crippen LogP contribution in [0.3, 0.4) is 0 Å². The average Bonchev–Trinajstić information content (AvgIpc) is 3.07. The van der Waals surface area contributed by atoms with E-state index in [0.29, 0.717) is 28.9 Å². The van der Waals surface area contributed by atoms with Gasteiger partial charge in [-0.2, -0.15) is 0 Å². The summed E-state index contributed by atoms with van der Waals surface area (Å²) in [5.41, 5.74) is 3.70. The summed E-state index contributed by atoms with van der Waals surface area (Å²) in [4.78, 5) is 38.8. The molecule has 1 aliphatic rings. The molecule has 4 aromatic rings. The van der Waals surface area contributed by atoms with Crippen LogP contribution in [-0.4, -0.2) is 21.2 Å². The molecule has 0 unspecified atom stereocenters. The number of anilines is 1. The van der Waals surface area contributed by atoms with Crippen molar-refractivity contribution < 1.29 is 14.3 Å². The van der Waals surface area contributed by atoms with Gasteiger partial charge in [0.2, 0.25) is 0 Å². The molecule has 0 saturated heterocycles. The molecule has 1 N–H and O–H groups in total. The summed E-state index contributed by atoms with van der Waals surface area (Å²) in [6, 6.07) is 23.6. The van der Waals surface area contributed by atoms with Gasteiger partial charge in [-0.15, -0.1) is 0 Å². The van der Waals surface area contributed by atoms with E-state index in [1.54, 1.807) is 36.9 Å². The molecular weight excluding hydrogens is 430 g/mol. The normalized spacial score (nSPS) is 14.9. The van der Waals surface area contributed by atoms with Crippen LogP contribution in [0.25, 0.3) is 5.69 Å². The summed E-state index contributed by atoms with van der Waals surface area (Å²) in [5, 5.41) is 2.78. The number of ether oxygens (including phenoxy) is 1. The van der Waals surface area contributed by atoms with Gasteiger partial charge in [0.25, 0.3) is 11.5 Å². The number of esters is 1. The van der Waals surface area contributed by atoms with Gasteiger partial charge in [-0.05, 0) is 48.4 Å². The van der Waals surface area contributed by atoms with Gasteiger partial charge in [0.05, 0.1) is 16.9 Å². The number of benzene rings is 3. The van der Waals surface area contributed by atoms with Gasteiger partial charge in [0, 0.05) is 19.0 Å². The predicted molar refractivity (Wildman–Crippen MR) is 128 cm³/mol. The third kappa shape index (κ3) is 3.71. The van der Waals surface area contributed by atoms with E-state index in [4.69, 9.17) is 4.74 Å². The number of carbonyl (C=O) groups is 2. The fourth-order valence-corrected chi connectivity index (χ4v) is 4.29. The molecule has 1 aromatic heterocycles. The average molecular weight is 453 g/mol. The lowest BCUT2D eigenvalue weighted by atomic mass is 9.93. The quantitative estimate of drug-likeness (QED) is 0.470. The number of fused-ring (bicyclic) bond motifs is 1. The molecule has 0 fully saturated rings. The Morgan fingerprint density at radius 3 is 2.35 bits per heavy atom. The van der Waals surface area contributed by atoms with Crippen LogP contribution in [0.2, 0.25) is 0 Å². The fourth-order valence-electron chi connectivity index (χ4n) is 4.29. The van der Waals surface area contributed by atoms with Crippen molar-refractivity contribution in [1.82, 2.24) is 9.36 Å². The second kappa shape index (κ2) is 8.51. The minimum absolute atomic E-state index is 0.218. The Bertz CT molecular complexity index is 1450. The second-order valence-electron chi connectivity index (χ2n) is 8.27. The molecule has 1 aliphatic heterocycles. The summed E-state index contributed by atoms with van der Waals surface area (Å²) in [7, 11) is 1.77. The molecule has 170 valence electrons. The molecule has 0 bridgehead atoms. The van der Waals surface area contributed by atoms with E-state index in [9.17, 15) is 14.4 Å². The second-order valence-corrected chi connectivity index (χ2v) is 8.27. The maximum Gasteiger partial charge on any atom is 0.339 e. The number of carbonyl (C=O) groups excluding carboxylic acids is 2. The standard InChI is InChI=1S/C27H23N3O4/c1-17-24(26(32)30(29(17)2)21-11-7-4-8-12-21)28-25(31)19-13-14-22-20(15-19)16-23(34-27(22)33)18-9-5-3-6-10-18/h3-15,23H,16H2,1-2H3,(H,28,31)/t23-/m0/s1. The summed E-state index contributed by atoms with van der Waals surface area (Å²) in [6.07, 6.45) is 0.0613. The van der Waals surface area contributed by atoms with Crippen molar-refractivity contribution in [2.45, 2.75) is 19.4 Å². The van der Waals surface area contributed by atoms with Crippen LogP contribution >= 0.6 is 0 Å². The number of nitrogens with zero attached hydrogens (tertiary/aromatic N) is 2. The molecule has 0 radical (unpaired) electrons. The summed E-state index contributed by atoms with van der Waals surface area (Å²) in [6.45, 7) is 1.78. The minimum Gasteiger partial charge on any atom is -0.454 e. The lowest BCUT2D eigenvalue weighted by Crippen LogP contribution is -2.24. The molecule has 0 spiro atoms. The first kappa shape index (κ1) is 21.5. The lowest BCUT2D eigenvalue weighted by molar-refractivity contribution is 0.0252. The highest BCUT2D eigenvalue weighted by Gasteiger charge is 2.28. The van der Waals surface area contributed by atoms with Gasteiger partial charge >= 0.3 is 5.97 Å². The number of hydrogen-bond donors (Lipinski definition) is 1. The van der Waals surface area contributed by atoms with Gasteiger partial charge in [-0.1, -0.05) is 48.5 Å². The number of aromatic nitrogens is 2. The number of rotatable bonds is 4. The number of nitrogens with one attached hydrogen (secondary N) is 1. The molecule has 0 saturated carbocycles. The topological polar surface area (TPSA) is 82.3 Å². The number of hydrogen-bond acceptors (Lipinski definition) is 4. The third-order valence-electron chi connectivity index (χ3n) is 6.21. The molecule has 0 aliphatic carbocycles. The van der Waals surface area contributed by atoms with E-state index in [2.05, 4.69) is 5.32 Å². The van der Waals surface area contributed by atoms with Crippen molar-refractivity contribution in [3.8, 4) is 5.69 Å². The predicted octanol–water partition coefficient (Wildman–Crippen LogP) is 4.19. The van der Waals surface area contributed by atoms with Gasteiger partial charge < -0.3 is 10.1 Å². The zero-order valence-corrected chi connectivity index (χ0v) is 18.8. The zero-order valence-electron chi connectivity index (χ0n) is 18.8. The molecule has 5 rings (SSSR count). The Kier molecular flexibility index (Phi) is 5.37. The molecule has 3 aromatic carbocycles. The highest BCUT2D eigenvalue weighted by Crippen LogP contribution is 2.31. The highest BCUT2D eigenvalue weighted by molar-refractivity contribution is 6.05. The molecule has 34 heavy (non-hydrogen) atoms. The lowest BCUT2D eigenvalue weighted by Gasteiger charge is -2.25. The summed E-state index contributed by atoms with van der Waals surface area (Å²) in [5.74, 6) is -0.823. The van der Waals surface area contributed by atoms with E-state index in [1.807, 2.05) is 60.7 Å². The molecular formula is C27H23N3O4. The third-order valence-corrected chi connectivity index (χ3v) is 6.21. The van der Waals surface area contributed by atoms with E-state index in [1.165, 1.54) is 4.68 Å². The van der Waals surface area contributed by atoms with E-state index >= 15 is 0 Å². The molecule has 7 heteroatoms. The Morgan fingerprint density at radius 1 is 0.971 bits per heavy atom. The maximum atomic E-state index is 13.1. The van der Waals surface area contributed by atoms with Crippen LogP contribution in [0.4, 0.5) is 5.69 Å². The Labute approximate surface area is 196 Å². The van der Waals surface area contributed by atoms with Crippen LogP contribution in [0.1, 0.15) is 43.6 Å². The minimum atomic E-state index is -0.413. The van der Waals surface area contributed by atoms with Crippen molar-refractivity contribution in [3.63, 3.8) is 0 Å². The maximum absolute atomic E-state index is 13.1. The van der Waals surface area contributed by atoms with Gasteiger partial charge in [0.15, 0.2) is 0 Å². The van der Waals surface area contributed by atoms with Gasteiger partial charge in [-0.3, -0.25) is 14.3 Å². The number of para-hydroxylation sites is 1. The van der Waals surface area contributed by atoms with Gasteiger partial charge in [0.1, 0.15) is 11.8 Å². The number of cyclic esters (lactones) is 1. The highest BCUT2D eigenvalue weighted by atomic mass is 16.5. The van der Waals surface area contributed by atoms with E-state index in [-0.39, 0.29) is 11.2 Å². The van der Waals surface area contributed by atoms with Crippen molar-refractivity contribution in [3.05, 3.63) is 117 Å². The fraction of sp³-hybridized carbons (Fsp3) is 0.148. The smallest absolute Gasteiger partial charge is 0.339 e. The van der Waals surface area contributed by atoms with Crippen LogP contribution in [-0.2, 0) is 18.2 Å². The molecule has 1 amide bonds. The van der Waals surface area contributed by atoms with Crippen molar-refractivity contribution >= 4 is 17.6 Å². The van der Waals surface area contributed by atoms with Crippen LogP contribution in [0.15, 0.2) is 83.7 Å². The van der Waals surface area contributed by atoms with Crippen LogP contribution < -0.4 is 10.9 Å². The number of amides is 1. The van der Waals surface area contributed by atoms with Crippen LogP contribution in [0, 0.1) is 6.92 Å².